The van der Waals surface area contributed by atoms with Crippen molar-refractivity contribution in [2.45, 2.75) is 39.8 Å². The van der Waals surface area contributed by atoms with Crippen LogP contribution in [0.25, 0.3) is 11.2 Å². The number of nitrogens with one attached hydrogen (secondary N) is 2. The molecule has 0 aromatic carbocycles. The summed E-state index contributed by atoms with van der Waals surface area (Å²) in [6.45, 7) is 7.30. The molecule has 0 aliphatic carbocycles. The van der Waals surface area contributed by atoms with Crippen LogP contribution in [-0.2, 0) is 20.8 Å². The smallest absolute Gasteiger partial charge is 0.409 e. The van der Waals surface area contributed by atoms with Gasteiger partial charge in [-0.15, -0.1) is 0 Å². The minimum absolute atomic E-state index is 0.0336. The molecule has 2 aromatic rings. The van der Waals surface area contributed by atoms with Crippen molar-refractivity contribution in [2.75, 3.05) is 24.3 Å². The van der Waals surface area contributed by atoms with Gasteiger partial charge in [0.15, 0.2) is 11.5 Å². The van der Waals surface area contributed by atoms with Crippen molar-refractivity contribution in [1.82, 2.24) is 24.8 Å². The first-order chi connectivity index (χ1) is 12.2. The normalized spacial score (nSPS) is 11.2. The zero-order valence-electron chi connectivity index (χ0n) is 15.2. The summed E-state index contributed by atoms with van der Waals surface area (Å²) in [7, 11) is 0. The van der Waals surface area contributed by atoms with Crippen LogP contribution in [-0.4, -0.2) is 50.5 Å². The maximum Gasteiger partial charge on any atom is 0.409 e. The summed E-state index contributed by atoms with van der Waals surface area (Å²) in [4.78, 5) is 35.7. The molecule has 0 aliphatic rings. The molecule has 0 radical (unpaired) electrons. The second-order valence-electron chi connectivity index (χ2n) is 6.31. The molecule has 0 bridgehead atoms. The number of aromatic nitrogens is 4. The first kappa shape index (κ1) is 19.2. The molecule has 2 rings (SSSR count). The highest BCUT2D eigenvalue weighted by Crippen LogP contribution is 2.18. The second kappa shape index (κ2) is 7.85. The van der Waals surface area contributed by atoms with E-state index in [-0.39, 0.29) is 31.6 Å². The summed E-state index contributed by atoms with van der Waals surface area (Å²) >= 11 is 0. The van der Waals surface area contributed by atoms with E-state index in [1.54, 1.807) is 27.7 Å². The number of anilines is 2. The fourth-order valence-corrected chi connectivity index (χ4v) is 2.02. The Hall–Kier alpha value is -3.11. The van der Waals surface area contributed by atoms with Gasteiger partial charge >= 0.3 is 12.1 Å². The Morgan fingerprint density at radius 2 is 2.04 bits per heavy atom. The Morgan fingerprint density at radius 1 is 1.31 bits per heavy atom. The average molecular weight is 365 g/mol. The summed E-state index contributed by atoms with van der Waals surface area (Å²) in [5.74, 6) is -0.0841. The van der Waals surface area contributed by atoms with E-state index in [9.17, 15) is 9.59 Å². The van der Waals surface area contributed by atoms with Crippen molar-refractivity contribution in [3.63, 3.8) is 0 Å². The van der Waals surface area contributed by atoms with Gasteiger partial charge in [0.1, 0.15) is 17.7 Å². The summed E-state index contributed by atoms with van der Waals surface area (Å²) in [5.41, 5.74) is 6.04. The van der Waals surface area contributed by atoms with Gasteiger partial charge in [-0.1, -0.05) is 0 Å². The standard InChI is InChI=1S/C15H23N7O4/c1-5-25-9(23)6-22-8-19-10-11(16)20-13(21-12(10)22)17-7-18-14(24)26-15(2,3)4/h8H,5-7H2,1-4H3,(H,18,24)(H3,16,17,20,21). The molecule has 2 heterocycles. The molecule has 0 spiro atoms. The average Bonchev–Trinajstić information content (AvgIpc) is 2.89. The molecule has 0 fully saturated rings. The molecule has 26 heavy (non-hydrogen) atoms. The number of nitrogens with zero attached hydrogens (tertiary/aromatic N) is 4. The number of esters is 1. The van der Waals surface area contributed by atoms with Crippen molar-refractivity contribution < 1.29 is 19.1 Å². The molecule has 4 N–H and O–H groups in total. The van der Waals surface area contributed by atoms with Crippen LogP contribution in [0.1, 0.15) is 27.7 Å². The second-order valence-corrected chi connectivity index (χ2v) is 6.31. The first-order valence-corrected chi connectivity index (χ1v) is 8.04. The van der Waals surface area contributed by atoms with E-state index in [1.807, 2.05) is 0 Å². The van der Waals surface area contributed by atoms with Gasteiger partial charge in [0.25, 0.3) is 0 Å². The number of carbonyl (C=O) groups excluding carboxylic acids is 2. The van der Waals surface area contributed by atoms with Crippen molar-refractivity contribution in [2.24, 2.45) is 0 Å². The SMILES string of the molecule is CCOC(=O)Cn1cnc2c(N)nc(NCNC(=O)OC(C)(C)C)nc21. The van der Waals surface area contributed by atoms with Gasteiger partial charge in [0, 0.05) is 0 Å². The highest BCUT2D eigenvalue weighted by atomic mass is 16.6. The van der Waals surface area contributed by atoms with Gasteiger partial charge in [-0.05, 0) is 27.7 Å². The van der Waals surface area contributed by atoms with Crippen molar-refractivity contribution in [3.05, 3.63) is 6.33 Å². The highest BCUT2D eigenvalue weighted by Gasteiger charge is 2.16. The van der Waals surface area contributed by atoms with Gasteiger partial charge in [0.05, 0.1) is 19.6 Å². The van der Waals surface area contributed by atoms with Gasteiger partial charge < -0.3 is 30.4 Å². The fraction of sp³-hybridized carbons (Fsp3) is 0.533. The molecule has 0 atom stereocenters. The number of ether oxygens (including phenoxy) is 2. The molecule has 2 aromatic heterocycles. The molecule has 0 saturated carbocycles. The third-order valence-electron chi connectivity index (χ3n) is 2.97. The maximum absolute atomic E-state index is 11.7. The molecular weight excluding hydrogens is 342 g/mol. The minimum Gasteiger partial charge on any atom is -0.465 e. The van der Waals surface area contributed by atoms with E-state index >= 15 is 0 Å². The Balaban J connectivity index is 2.06. The summed E-state index contributed by atoms with van der Waals surface area (Å²) < 4.78 is 11.6. The Bertz CT molecular complexity index is 797. The van der Waals surface area contributed by atoms with E-state index in [4.69, 9.17) is 15.2 Å². The number of nitrogens with two attached hydrogens (primary N) is 1. The number of hydrogen-bond acceptors (Lipinski definition) is 9. The van der Waals surface area contributed by atoms with Crippen molar-refractivity contribution >= 4 is 35.0 Å². The van der Waals surface area contributed by atoms with Crippen LogP contribution in [0.2, 0.25) is 0 Å². The number of imidazole rings is 1. The van der Waals surface area contributed by atoms with E-state index in [1.165, 1.54) is 10.9 Å². The van der Waals surface area contributed by atoms with E-state index in [0.717, 1.165) is 0 Å². The largest absolute Gasteiger partial charge is 0.465 e. The molecule has 11 heteroatoms. The number of amides is 1. The van der Waals surface area contributed by atoms with Crippen molar-refractivity contribution in [1.29, 1.82) is 0 Å². The Morgan fingerprint density at radius 3 is 2.69 bits per heavy atom. The van der Waals surface area contributed by atoms with E-state index < -0.39 is 17.7 Å². The fourth-order valence-electron chi connectivity index (χ4n) is 2.02. The molecule has 0 unspecified atom stereocenters. The molecule has 142 valence electrons. The van der Waals surface area contributed by atoms with Crippen LogP contribution >= 0.6 is 0 Å². The van der Waals surface area contributed by atoms with Crippen LogP contribution in [0.15, 0.2) is 6.33 Å². The number of hydrogen-bond donors (Lipinski definition) is 3. The summed E-state index contributed by atoms with van der Waals surface area (Å²) in [6, 6.07) is 0. The van der Waals surface area contributed by atoms with Crippen LogP contribution < -0.4 is 16.4 Å². The summed E-state index contributed by atoms with van der Waals surface area (Å²) in [5, 5.41) is 5.34. The lowest BCUT2D eigenvalue weighted by molar-refractivity contribution is -0.143. The van der Waals surface area contributed by atoms with Gasteiger partial charge in [-0.2, -0.15) is 9.97 Å². The van der Waals surface area contributed by atoms with Crippen LogP contribution in [0.5, 0.6) is 0 Å². The van der Waals surface area contributed by atoms with Gasteiger partial charge in [0.2, 0.25) is 5.95 Å². The van der Waals surface area contributed by atoms with Crippen molar-refractivity contribution in [3.8, 4) is 0 Å². The van der Waals surface area contributed by atoms with Crippen LogP contribution in [0, 0.1) is 0 Å². The van der Waals surface area contributed by atoms with Crippen LogP contribution in [0.4, 0.5) is 16.6 Å². The molecule has 1 amide bonds. The molecule has 0 saturated heterocycles. The van der Waals surface area contributed by atoms with Gasteiger partial charge in [-0.25, -0.2) is 9.78 Å². The minimum atomic E-state index is -0.594. The van der Waals surface area contributed by atoms with E-state index in [0.29, 0.717) is 11.2 Å². The third kappa shape index (κ3) is 5.19. The number of rotatable bonds is 6. The van der Waals surface area contributed by atoms with E-state index in [2.05, 4.69) is 25.6 Å². The first-order valence-electron chi connectivity index (χ1n) is 8.04. The predicted molar refractivity (Wildman–Crippen MR) is 94.2 cm³/mol. The van der Waals surface area contributed by atoms with Gasteiger partial charge in [-0.3, -0.25) is 4.79 Å². The molecule has 0 aliphatic heterocycles. The Kier molecular flexibility index (Phi) is 5.80. The lowest BCUT2D eigenvalue weighted by atomic mass is 10.2. The number of alkyl carbamates (subject to hydrolysis) is 1. The lowest BCUT2D eigenvalue weighted by Crippen LogP contribution is -2.35. The summed E-state index contributed by atoms with van der Waals surface area (Å²) in [6.07, 6.45) is 0.862. The zero-order valence-corrected chi connectivity index (χ0v) is 15.2. The molecule has 11 nitrogen and oxygen atoms in total. The Labute approximate surface area is 150 Å². The number of carbonyl (C=O) groups is 2. The number of fused-ring (bicyclic) bond motifs is 1. The monoisotopic (exact) mass is 365 g/mol. The predicted octanol–water partition coefficient (Wildman–Crippen LogP) is 0.866. The third-order valence-corrected chi connectivity index (χ3v) is 2.97. The zero-order chi connectivity index (χ0) is 19.3. The van der Waals surface area contributed by atoms with Crippen LogP contribution in [0.3, 0.4) is 0 Å². The lowest BCUT2D eigenvalue weighted by Gasteiger charge is -2.19. The number of nitrogen functional groups attached to an aromatic ring is 1. The maximum atomic E-state index is 11.7. The highest BCUT2D eigenvalue weighted by molar-refractivity contribution is 5.84. The molecular formula is C15H23N7O4. The topological polar surface area (TPSA) is 146 Å². The quantitative estimate of drug-likeness (QED) is 0.501.